The van der Waals surface area contributed by atoms with Crippen LogP contribution in [0.25, 0.3) is 0 Å². The van der Waals surface area contributed by atoms with Crippen molar-refractivity contribution in [1.29, 1.82) is 0 Å². The van der Waals surface area contributed by atoms with Gasteiger partial charge < -0.3 is 4.42 Å². The van der Waals surface area contributed by atoms with E-state index in [9.17, 15) is 4.53 Å². The maximum Gasteiger partial charge on any atom is 0.145 e. The predicted octanol–water partition coefficient (Wildman–Crippen LogP) is 1.68. The minimum absolute atomic E-state index is 0.104. The lowest BCUT2D eigenvalue weighted by Gasteiger charge is -1.83. The molecule has 0 aliphatic carbocycles. The summed E-state index contributed by atoms with van der Waals surface area (Å²) < 4.78 is 15.7. The summed E-state index contributed by atoms with van der Waals surface area (Å²) in [7, 11) is 0. The largest absolute Gasteiger partial charge is 0.467 e. The molecule has 1 aromatic rings. The molecule has 0 amide bonds. The highest BCUT2D eigenvalue weighted by Gasteiger charge is 1.91. The minimum atomic E-state index is -0.104. The number of rotatable bonds is 2. The first kappa shape index (κ1) is 5.31. The molecular weight excluding hydrogens is 111 g/mol. The molecule has 0 saturated heterocycles. The molecule has 2 nitrogen and oxygen atoms in total. The maximum atomic E-state index is 11.0. The van der Waals surface area contributed by atoms with Crippen LogP contribution in [0.2, 0.25) is 0 Å². The summed E-state index contributed by atoms with van der Waals surface area (Å²) in [6.07, 6.45) is 1.47. The first-order valence-corrected chi connectivity index (χ1v) is 2.19. The van der Waals surface area contributed by atoms with E-state index in [1.165, 1.54) is 6.26 Å². The van der Waals surface area contributed by atoms with Crippen LogP contribution in [-0.2, 0) is 11.5 Å². The Hall–Kier alpha value is -0.830. The first-order valence-electron chi connectivity index (χ1n) is 2.19. The van der Waals surface area contributed by atoms with E-state index >= 15 is 0 Å². The Labute approximate surface area is 45.8 Å². The van der Waals surface area contributed by atoms with Crippen molar-refractivity contribution in [2.24, 2.45) is 0 Å². The molecule has 0 bridgehead atoms. The molecule has 0 aliphatic heterocycles. The van der Waals surface area contributed by atoms with Gasteiger partial charge in [0, 0.05) is 0 Å². The van der Waals surface area contributed by atoms with E-state index in [0.29, 0.717) is 5.76 Å². The Morgan fingerprint density at radius 2 is 2.62 bits per heavy atom. The van der Waals surface area contributed by atoms with Gasteiger partial charge in [0.25, 0.3) is 0 Å². The number of hydrogen-bond donors (Lipinski definition) is 0. The Balaban J connectivity index is 2.50. The van der Waals surface area contributed by atoms with Crippen LogP contribution in [0.3, 0.4) is 0 Å². The molecule has 0 unspecified atom stereocenters. The molecule has 1 rings (SSSR count). The van der Waals surface area contributed by atoms with Crippen molar-refractivity contribution in [1.82, 2.24) is 0 Å². The average Bonchev–Trinajstić information content (AvgIpc) is 2.19. The Kier molecular flexibility index (Phi) is 1.64. The molecule has 8 heavy (non-hydrogen) atoms. The third-order valence-corrected chi connectivity index (χ3v) is 0.777. The lowest BCUT2D eigenvalue weighted by molar-refractivity contribution is -0.148. The quantitative estimate of drug-likeness (QED) is 0.586. The summed E-state index contributed by atoms with van der Waals surface area (Å²) in [5, 5.41) is 0. The van der Waals surface area contributed by atoms with Gasteiger partial charge in [-0.25, -0.2) is 0 Å². The summed E-state index contributed by atoms with van der Waals surface area (Å²) in [6, 6.07) is 3.31. The predicted molar refractivity (Wildman–Crippen MR) is 24.6 cm³/mol. The zero-order chi connectivity index (χ0) is 5.82. The molecule has 0 saturated carbocycles. The van der Waals surface area contributed by atoms with E-state index in [1.54, 1.807) is 12.1 Å². The number of halogens is 1. The molecule has 0 N–H and O–H groups in total. The highest BCUT2D eigenvalue weighted by atomic mass is 19.3. The van der Waals surface area contributed by atoms with Crippen LogP contribution in [0.1, 0.15) is 5.76 Å². The zero-order valence-electron chi connectivity index (χ0n) is 4.13. The van der Waals surface area contributed by atoms with Crippen LogP contribution >= 0.6 is 0 Å². The Morgan fingerprint density at radius 3 is 3.12 bits per heavy atom. The van der Waals surface area contributed by atoms with Crippen molar-refractivity contribution in [2.45, 2.75) is 6.61 Å². The molecule has 0 aliphatic rings. The van der Waals surface area contributed by atoms with Gasteiger partial charge in [0.15, 0.2) is 0 Å². The van der Waals surface area contributed by atoms with Crippen molar-refractivity contribution < 1.29 is 13.9 Å². The summed E-state index contributed by atoms with van der Waals surface area (Å²) in [5.41, 5.74) is 0. The fourth-order valence-corrected chi connectivity index (χ4v) is 0.448. The molecule has 0 fully saturated rings. The van der Waals surface area contributed by atoms with E-state index in [1.807, 2.05) is 0 Å². The van der Waals surface area contributed by atoms with Crippen LogP contribution < -0.4 is 0 Å². The second-order valence-electron chi connectivity index (χ2n) is 1.33. The van der Waals surface area contributed by atoms with E-state index in [-0.39, 0.29) is 6.61 Å². The van der Waals surface area contributed by atoms with Gasteiger partial charge in [-0.3, -0.25) is 0 Å². The van der Waals surface area contributed by atoms with Gasteiger partial charge in [0.1, 0.15) is 12.4 Å². The lowest BCUT2D eigenvalue weighted by atomic mass is 10.5. The van der Waals surface area contributed by atoms with Crippen LogP contribution in [0.15, 0.2) is 22.8 Å². The fourth-order valence-electron chi connectivity index (χ4n) is 0.448. The average molecular weight is 116 g/mol. The van der Waals surface area contributed by atoms with Gasteiger partial charge in [-0.05, 0) is 16.7 Å². The highest BCUT2D eigenvalue weighted by molar-refractivity contribution is 4.95. The molecular formula is C5H5FO2. The van der Waals surface area contributed by atoms with E-state index in [2.05, 4.69) is 4.94 Å². The smallest absolute Gasteiger partial charge is 0.145 e. The van der Waals surface area contributed by atoms with Crippen molar-refractivity contribution >= 4 is 0 Å². The van der Waals surface area contributed by atoms with Gasteiger partial charge >= 0.3 is 0 Å². The maximum absolute atomic E-state index is 11.0. The summed E-state index contributed by atoms with van der Waals surface area (Å²) in [5.74, 6) is 0.493. The van der Waals surface area contributed by atoms with Crippen molar-refractivity contribution in [2.75, 3.05) is 0 Å². The van der Waals surface area contributed by atoms with Crippen molar-refractivity contribution in [3.63, 3.8) is 0 Å². The van der Waals surface area contributed by atoms with Gasteiger partial charge in [0.2, 0.25) is 0 Å². The summed E-state index contributed by atoms with van der Waals surface area (Å²) in [4.78, 5) is 3.29. The van der Waals surface area contributed by atoms with Crippen LogP contribution in [0.5, 0.6) is 0 Å². The van der Waals surface area contributed by atoms with Crippen LogP contribution in [-0.4, -0.2) is 0 Å². The van der Waals surface area contributed by atoms with Crippen molar-refractivity contribution in [3.05, 3.63) is 24.2 Å². The monoisotopic (exact) mass is 116 g/mol. The number of hydrogen-bond acceptors (Lipinski definition) is 2. The van der Waals surface area contributed by atoms with Crippen LogP contribution in [0, 0.1) is 0 Å². The van der Waals surface area contributed by atoms with Gasteiger partial charge in [0.05, 0.1) is 6.26 Å². The Bertz CT molecular complexity index is 136. The summed E-state index contributed by atoms with van der Waals surface area (Å²) in [6.45, 7) is -0.104. The highest BCUT2D eigenvalue weighted by Crippen LogP contribution is 2.00. The molecule has 3 heteroatoms. The number of furan rings is 1. The third kappa shape index (κ3) is 1.07. The molecule has 1 heterocycles. The van der Waals surface area contributed by atoms with Crippen molar-refractivity contribution in [3.8, 4) is 0 Å². The van der Waals surface area contributed by atoms with E-state index < -0.39 is 0 Å². The Morgan fingerprint density at radius 1 is 1.75 bits per heavy atom. The van der Waals surface area contributed by atoms with Gasteiger partial charge in [-0.1, -0.05) is 0 Å². The molecule has 1 aromatic heterocycles. The lowest BCUT2D eigenvalue weighted by Crippen LogP contribution is -1.76. The van der Waals surface area contributed by atoms with Crippen LogP contribution in [0.4, 0.5) is 4.53 Å². The van der Waals surface area contributed by atoms with Gasteiger partial charge in [-0.15, -0.1) is 0 Å². The summed E-state index contributed by atoms with van der Waals surface area (Å²) >= 11 is 0. The normalized spacial score (nSPS) is 9.62. The second kappa shape index (κ2) is 2.47. The topological polar surface area (TPSA) is 22.4 Å². The third-order valence-electron chi connectivity index (χ3n) is 0.777. The molecule has 0 spiro atoms. The standard InChI is InChI=1S/C5H5FO2/c6-8-4-5-2-1-3-7-5/h1-3H,4H2. The first-order chi connectivity index (χ1) is 3.93. The molecule has 0 atom stereocenters. The van der Waals surface area contributed by atoms with Gasteiger partial charge in [-0.2, -0.15) is 4.94 Å². The molecule has 0 aromatic carbocycles. The van der Waals surface area contributed by atoms with E-state index in [4.69, 9.17) is 4.42 Å². The van der Waals surface area contributed by atoms with E-state index in [0.717, 1.165) is 0 Å². The minimum Gasteiger partial charge on any atom is -0.467 e. The molecule has 44 valence electrons. The zero-order valence-corrected chi connectivity index (χ0v) is 4.13. The SMILES string of the molecule is FOCc1ccco1. The molecule has 0 radical (unpaired) electrons. The second-order valence-corrected chi connectivity index (χ2v) is 1.33. The fraction of sp³-hybridized carbons (Fsp3) is 0.200.